The normalized spacial score (nSPS) is 30.9. The van der Waals surface area contributed by atoms with Gasteiger partial charge in [-0.2, -0.15) is 0 Å². The standard InChI is InChI=1S/C12H21N3O4S/c1-20(18,19)7-6-15-10(16)12(14-11(15)17)5-3-2-4-9(12)8-13/h9H,2-8,13H2,1H3,(H,14,17). The van der Waals surface area contributed by atoms with Crippen molar-refractivity contribution >= 4 is 21.8 Å². The van der Waals surface area contributed by atoms with Crippen LogP contribution in [0.4, 0.5) is 4.79 Å². The summed E-state index contributed by atoms with van der Waals surface area (Å²) >= 11 is 0. The first-order valence-corrected chi connectivity index (χ1v) is 8.88. The first-order valence-electron chi connectivity index (χ1n) is 6.82. The molecule has 1 saturated carbocycles. The minimum absolute atomic E-state index is 0.0732. The van der Waals surface area contributed by atoms with Crippen LogP contribution in [0.3, 0.4) is 0 Å². The van der Waals surface area contributed by atoms with Gasteiger partial charge >= 0.3 is 6.03 Å². The SMILES string of the molecule is CS(=O)(=O)CCN1C(=O)NC2(CCCCC2CN)C1=O. The van der Waals surface area contributed by atoms with E-state index >= 15 is 0 Å². The third kappa shape index (κ3) is 2.67. The molecule has 8 heteroatoms. The van der Waals surface area contributed by atoms with E-state index in [-0.39, 0.29) is 24.1 Å². The molecular weight excluding hydrogens is 282 g/mol. The first-order chi connectivity index (χ1) is 9.30. The van der Waals surface area contributed by atoms with Crippen LogP contribution in [0.1, 0.15) is 25.7 Å². The Morgan fingerprint density at radius 1 is 1.40 bits per heavy atom. The summed E-state index contributed by atoms with van der Waals surface area (Å²) < 4.78 is 22.4. The molecular formula is C12H21N3O4S. The van der Waals surface area contributed by atoms with Gasteiger partial charge in [0.1, 0.15) is 15.4 Å². The largest absolute Gasteiger partial charge is 0.330 e. The Labute approximate surface area is 118 Å². The maximum absolute atomic E-state index is 12.6. The molecule has 2 fully saturated rings. The topological polar surface area (TPSA) is 110 Å². The average molecular weight is 303 g/mol. The fourth-order valence-corrected chi connectivity index (χ4v) is 3.63. The number of hydrogen-bond donors (Lipinski definition) is 2. The van der Waals surface area contributed by atoms with Gasteiger partial charge in [-0.25, -0.2) is 13.2 Å². The van der Waals surface area contributed by atoms with Gasteiger partial charge in [0.15, 0.2) is 0 Å². The molecule has 2 atom stereocenters. The lowest BCUT2D eigenvalue weighted by molar-refractivity contribution is -0.134. The number of hydrogen-bond acceptors (Lipinski definition) is 5. The van der Waals surface area contributed by atoms with Crippen LogP contribution in [0, 0.1) is 5.92 Å². The molecule has 7 nitrogen and oxygen atoms in total. The van der Waals surface area contributed by atoms with Crippen molar-refractivity contribution in [3.63, 3.8) is 0 Å². The molecule has 2 unspecified atom stereocenters. The Hall–Kier alpha value is -1.15. The molecule has 2 aliphatic rings. The number of nitrogens with one attached hydrogen (secondary N) is 1. The smallest absolute Gasteiger partial charge is 0.325 e. The Morgan fingerprint density at radius 2 is 2.10 bits per heavy atom. The third-order valence-corrected chi connectivity index (χ3v) is 5.17. The number of sulfone groups is 1. The number of carbonyl (C=O) groups is 2. The summed E-state index contributed by atoms with van der Waals surface area (Å²) in [5, 5.41) is 2.77. The number of rotatable bonds is 4. The lowest BCUT2D eigenvalue weighted by Crippen LogP contribution is -2.57. The lowest BCUT2D eigenvalue weighted by atomic mass is 9.72. The number of imide groups is 1. The molecule has 0 aromatic carbocycles. The predicted octanol–water partition coefficient (Wildman–Crippen LogP) is -0.529. The number of nitrogens with zero attached hydrogens (tertiary/aromatic N) is 1. The van der Waals surface area contributed by atoms with Crippen molar-refractivity contribution in [1.82, 2.24) is 10.2 Å². The Morgan fingerprint density at radius 3 is 2.70 bits per heavy atom. The predicted molar refractivity (Wildman–Crippen MR) is 73.7 cm³/mol. The van der Waals surface area contributed by atoms with Gasteiger partial charge < -0.3 is 11.1 Å². The molecule has 0 aromatic heterocycles. The molecule has 20 heavy (non-hydrogen) atoms. The van der Waals surface area contributed by atoms with E-state index in [2.05, 4.69) is 5.32 Å². The minimum atomic E-state index is -3.22. The van der Waals surface area contributed by atoms with Crippen LogP contribution in [-0.4, -0.2) is 55.9 Å². The molecule has 2 rings (SSSR count). The molecule has 0 radical (unpaired) electrons. The van der Waals surface area contributed by atoms with Crippen LogP contribution >= 0.6 is 0 Å². The Bertz CT molecular complexity index is 519. The van der Waals surface area contributed by atoms with Crippen LogP contribution in [0.15, 0.2) is 0 Å². The van der Waals surface area contributed by atoms with Crippen LogP contribution < -0.4 is 11.1 Å². The summed E-state index contributed by atoms with van der Waals surface area (Å²) in [7, 11) is -3.22. The fraction of sp³-hybridized carbons (Fsp3) is 0.833. The molecule has 1 aliphatic carbocycles. The van der Waals surface area contributed by atoms with Gasteiger partial charge in [-0.3, -0.25) is 9.69 Å². The molecule has 3 N–H and O–H groups in total. The van der Waals surface area contributed by atoms with E-state index in [0.29, 0.717) is 13.0 Å². The zero-order chi connectivity index (χ0) is 15.0. The number of nitrogens with two attached hydrogens (primary N) is 1. The van der Waals surface area contributed by atoms with Crippen molar-refractivity contribution < 1.29 is 18.0 Å². The van der Waals surface area contributed by atoms with Gasteiger partial charge in [-0.15, -0.1) is 0 Å². The van der Waals surface area contributed by atoms with Crippen LogP contribution in [0.5, 0.6) is 0 Å². The highest BCUT2D eigenvalue weighted by Crippen LogP contribution is 2.37. The van der Waals surface area contributed by atoms with E-state index in [9.17, 15) is 18.0 Å². The highest BCUT2D eigenvalue weighted by Gasteiger charge is 2.55. The molecule has 1 spiro atoms. The van der Waals surface area contributed by atoms with E-state index in [0.717, 1.165) is 30.4 Å². The third-order valence-electron chi connectivity index (χ3n) is 4.24. The fourth-order valence-electron chi connectivity index (χ4n) is 3.12. The first kappa shape index (κ1) is 15.2. The van der Waals surface area contributed by atoms with Crippen LogP contribution in [-0.2, 0) is 14.6 Å². The van der Waals surface area contributed by atoms with Crippen molar-refractivity contribution in [2.75, 3.05) is 25.1 Å². The zero-order valence-corrected chi connectivity index (χ0v) is 12.4. The summed E-state index contributed by atoms with van der Waals surface area (Å²) in [5.74, 6) is -0.604. The quantitative estimate of drug-likeness (QED) is 0.679. The summed E-state index contributed by atoms with van der Waals surface area (Å²) in [6.07, 6.45) is 4.33. The molecule has 1 aliphatic heterocycles. The second-order valence-electron chi connectivity index (χ2n) is 5.67. The second-order valence-corrected chi connectivity index (χ2v) is 7.93. The van der Waals surface area contributed by atoms with Gasteiger partial charge in [0, 0.05) is 18.7 Å². The maximum Gasteiger partial charge on any atom is 0.325 e. The highest BCUT2D eigenvalue weighted by atomic mass is 32.2. The second kappa shape index (κ2) is 5.33. The number of urea groups is 1. The van der Waals surface area contributed by atoms with Gasteiger partial charge in [-0.05, 0) is 19.4 Å². The van der Waals surface area contributed by atoms with E-state index in [1.54, 1.807) is 0 Å². The maximum atomic E-state index is 12.6. The van der Waals surface area contributed by atoms with Crippen molar-refractivity contribution in [3.05, 3.63) is 0 Å². The summed E-state index contributed by atoms with van der Waals surface area (Å²) in [6, 6.07) is -0.501. The van der Waals surface area contributed by atoms with Crippen molar-refractivity contribution in [2.45, 2.75) is 31.2 Å². The lowest BCUT2D eigenvalue weighted by Gasteiger charge is -2.38. The van der Waals surface area contributed by atoms with Gasteiger partial charge in [-0.1, -0.05) is 12.8 Å². The van der Waals surface area contributed by atoms with Gasteiger partial charge in [0.25, 0.3) is 5.91 Å². The van der Waals surface area contributed by atoms with E-state index in [1.807, 2.05) is 0 Å². The average Bonchev–Trinajstić information content (AvgIpc) is 2.59. The van der Waals surface area contributed by atoms with Gasteiger partial charge in [0.2, 0.25) is 0 Å². The zero-order valence-electron chi connectivity index (χ0n) is 11.6. The van der Waals surface area contributed by atoms with Crippen molar-refractivity contribution in [3.8, 4) is 0 Å². The number of amides is 3. The van der Waals surface area contributed by atoms with Gasteiger partial charge in [0.05, 0.1) is 5.75 Å². The van der Waals surface area contributed by atoms with E-state index in [4.69, 9.17) is 5.73 Å². The minimum Gasteiger partial charge on any atom is -0.330 e. The molecule has 0 bridgehead atoms. The molecule has 3 amide bonds. The number of carbonyl (C=O) groups excluding carboxylic acids is 2. The molecule has 0 aromatic rings. The molecule has 1 heterocycles. The van der Waals surface area contributed by atoms with E-state index in [1.165, 1.54) is 0 Å². The summed E-state index contributed by atoms with van der Waals surface area (Å²) in [5.41, 5.74) is 4.82. The molecule has 1 saturated heterocycles. The van der Waals surface area contributed by atoms with Crippen molar-refractivity contribution in [1.29, 1.82) is 0 Å². The highest BCUT2D eigenvalue weighted by molar-refractivity contribution is 7.90. The van der Waals surface area contributed by atoms with Crippen molar-refractivity contribution in [2.24, 2.45) is 11.7 Å². The summed E-state index contributed by atoms with van der Waals surface area (Å²) in [6.45, 7) is 0.245. The van der Waals surface area contributed by atoms with Crippen LogP contribution in [0.25, 0.3) is 0 Å². The van der Waals surface area contributed by atoms with Crippen LogP contribution in [0.2, 0.25) is 0 Å². The Kier molecular flexibility index (Phi) is 4.06. The molecule has 114 valence electrons. The Balaban J connectivity index is 2.19. The van der Waals surface area contributed by atoms with E-state index < -0.39 is 21.4 Å². The monoisotopic (exact) mass is 303 g/mol. The summed E-state index contributed by atoms with van der Waals surface area (Å²) in [4.78, 5) is 25.6.